The van der Waals surface area contributed by atoms with E-state index in [1.165, 1.54) is 0 Å². The Kier molecular flexibility index (Phi) is 6.81. The van der Waals surface area contributed by atoms with E-state index in [0.717, 1.165) is 24.3 Å². The first kappa shape index (κ1) is 20.1. The Bertz CT molecular complexity index is 832. The van der Waals surface area contributed by atoms with Gasteiger partial charge >= 0.3 is 0 Å². The fraction of sp³-hybridized carbons (Fsp3) is 0.333. The topological polar surface area (TPSA) is 69.7 Å². The molecule has 0 bridgehead atoms. The maximum Gasteiger partial charge on any atom is 0.237 e. The minimum absolute atomic E-state index is 0.118. The Morgan fingerprint density at radius 2 is 1.57 bits per heavy atom. The summed E-state index contributed by atoms with van der Waals surface area (Å²) in [5.41, 5.74) is 2.90. The minimum atomic E-state index is -1.52. The quantitative estimate of drug-likeness (QED) is 0.807. The number of amides is 2. The van der Waals surface area contributed by atoms with Gasteiger partial charge in [0.15, 0.2) is 0 Å². The summed E-state index contributed by atoms with van der Waals surface area (Å²) in [4.78, 5) is 28.4. The third-order valence-corrected chi connectivity index (χ3v) is 5.82. The van der Waals surface area contributed by atoms with E-state index in [9.17, 15) is 13.8 Å². The van der Waals surface area contributed by atoms with Crippen molar-refractivity contribution in [3.8, 4) is 0 Å². The second-order valence-electron chi connectivity index (χ2n) is 6.85. The summed E-state index contributed by atoms with van der Waals surface area (Å²) in [7, 11) is -1.52. The number of para-hydroxylation sites is 1. The molecule has 1 N–H and O–H groups in total. The summed E-state index contributed by atoms with van der Waals surface area (Å²) in [5, 5.41) is 2.71. The number of nitrogens with zero attached hydrogens (tertiary/aromatic N) is 2. The van der Waals surface area contributed by atoms with Gasteiger partial charge < -0.3 is 15.1 Å². The van der Waals surface area contributed by atoms with Crippen molar-refractivity contribution in [1.82, 2.24) is 4.90 Å². The Labute approximate surface area is 168 Å². The molecule has 2 aromatic rings. The van der Waals surface area contributed by atoms with Crippen LogP contribution in [-0.2, 0) is 20.4 Å². The lowest BCUT2D eigenvalue weighted by molar-refractivity contribution is -0.128. The molecule has 6 nitrogen and oxygen atoms in total. The molecule has 0 aliphatic carbocycles. The van der Waals surface area contributed by atoms with Crippen molar-refractivity contribution in [1.29, 1.82) is 0 Å². The maximum atomic E-state index is 12.4. The summed E-state index contributed by atoms with van der Waals surface area (Å²) in [6.07, 6.45) is 0. The fourth-order valence-corrected chi connectivity index (χ4v) is 4.04. The van der Waals surface area contributed by atoms with Gasteiger partial charge in [0, 0.05) is 48.4 Å². The largest absolute Gasteiger partial charge is 0.368 e. The van der Waals surface area contributed by atoms with Crippen LogP contribution in [0.15, 0.2) is 54.6 Å². The number of hydrogen-bond acceptors (Lipinski definition) is 4. The molecule has 1 fully saturated rings. The highest BCUT2D eigenvalue weighted by molar-refractivity contribution is 7.86. The first-order valence-corrected chi connectivity index (χ1v) is 10.8. The molecule has 1 saturated heterocycles. The van der Waals surface area contributed by atoms with E-state index < -0.39 is 10.8 Å². The summed E-state index contributed by atoms with van der Waals surface area (Å²) in [6.45, 7) is 4.65. The van der Waals surface area contributed by atoms with Crippen LogP contribution in [0.4, 0.5) is 11.4 Å². The van der Waals surface area contributed by atoms with Gasteiger partial charge in [-0.05, 0) is 31.2 Å². The number of benzene rings is 2. The molecule has 1 aliphatic heterocycles. The standard InChI is InChI=1S/C21H25N3O3S/c1-17-7-9-18(10-8-17)22-20(25)15-28(27)16-21(26)24-13-11-23(12-14-24)19-5-3-2-4-6-19/h2-10H,11-16H2,1H3,(H,22,25)/t28-/m1/s1. The number of aryl methyl sites for hydroxylation is 1. The molecule has 0 radical (unpaired) electrons. The van der Waals surface area contributed by atoms with Crippen LogP contribution in [0.5, 0.6) is 0 Å². The molecule has 148 valence electrons. The highest BCUT2D eigenvalue weighted by Gasteiger charge is 2.23. The zero-order valence-electron chi connectivity index (χ0n) is 16.0. The van der Waals surface area contributed by atoms with Crippen LogP contribution in [0.2, 0.25) is 0 Å². The van der Waals surface area contributed by atoms with Crippen molar-refractivity contribution in [2.24, 2.45) is 0 Å². The summed E-state index contributed by atoms with van der Waals surface area (Å²) in [6, 6.07) is 17.5. The molecule has 1 atom stereocenters. The number of piperazine rings is 1. The Morgan fingerprint density at radius 3 is 2.21 bits per heavy atom. The van der Waals surface area contributed by atoms with Gasteiger partial charge in [-0.25, -0.2) is 0 Å². The lowest BCUT2D eigenvalue weighted by Crippen LogP contribution is -2.50. The van der Waals surface area contributed by atoms with Gasteiger partial charge in [-0.1, -0.05) is 35.9 Å². The van der Waals surface area contributed by atoms with Gasteiger partial charge in [0.1, 0.15) is 11.5 Å². The normalized spacial score (nSPS) is 15.2. The molecule has 2 amide bonds. The van der Waals surface area contributed by atoms with E-state index in [4.69, 9.17) is 0 Å². The SMILES string of the molecule is Cc1ccc(NC(=O)C[S@@](=O)CC(=O)N2CCN(c3ccccc3)CC2)cc1. The first-order valence-electron chi connectivity index (χ1n) is 9.30. The number of anilines is 2. The van der Waals surface area contributed by atoms with Gasteiger partial charge in [0.2, 0.25) is 11.8 Å². The van der Waals surface area contributed by atoms with E-state index >= 15 is 0 Å². The predicted octanol–water partition coefficient (Wildman–Crippen LogP) is 2.03. The second kappa shape index (κ2) is 9.50. The number of carbonyl (C=O) groups excluding carboxylic acids is 2. The van der Waals surface area contributed by atoms with Gasteiger partial charge in [0.05, 0.1) is 0 Å². The molecular formula is C21H25N3O3S. The highest BCUT2D eigenvalue weighted by Crippen LogP contribution is 2.15. The molecule has 3 rings (SSSR count). The Hall–Kier alpha value is -2.67. The highest BCUT2D eigenvalue weighted by atomic mass is 32.2. The molecule has 1 aliphatic rings. The average molecular weight is 400 g/mol. The summed E-state index contributed by atoms with van der Waals surface area (Å²) < 4.78 is 12.2. The maximum absolute atomic E-state index is 12.4. The third-order valence-electron chi connectivity index (χ3n) is 4.67. The van der Waals surface area contributed by atoms with E-state index in [0.29, 0.717) is 18.8 Å². The van der Waals surface area contributed by atoms with Gasteiger partial charge in [-0.3, -0.25) is 13.8 Å². The molecule has 2 aromatic carbocycles. The van der Waals surface area contributed by atoms with Crippen molar-refractivity contribution in [3.63, 3.8) is 0 Å². The van der Waals surface area contributed by atoms with E-state index in [1.54, 1.807) is 17.0 Å². The predicted molar refractivity (Wildman–Crippen MR) is 113 cm³/mol. The average Bonchev–Trinajstić information content (AvgIpc) is 2.70. The van der Waals surface area contributed by atoms with Crippen LogP contribution in [0.1, 0.15) is 5.56 Å². The van der Waals surface area contributed by atoms with Crippen molar-refractivity contribution in [2.45, 2.75) is 6.92 Å². The van der Waals surface area contributed by atoms with Crippen LogP contribution in [-0.4, -0.2) is 58.6 Å². The van der Waals surface area contributed by atoms with E-state index in [1.807, 2.05) is 37.3 Å². The van der Waals surface area contributed by atoms with Crippen molar-refractivity contribution in [3.05, 3.63) is 60.2 Å². The molecule has 28 heavy (non-hydrogen) atoms. The number of carbonyl (C=O) groups is 2. The Balaban J connectivity index is 1.42. The monoisotopic (exact) mass is 399 g/mol. The molecule has 1 heterocycles. The van der Waals surface area contributed by atoms with Crippen LogP contribution in [0.25, 0.3) is 0 Å². The molecule has 0 spiro atoms. The van der Waals surface area contributed by atoms with Crippen molar-refractivity contribution >= 4 is 34.0 Å². The zero-order valence-corrected chi connectivity index (χ0v) is 16.8. The van der Waals surface area contributed by atoms with E-state index in [-0.39, 0.29) is 23.3 Å². The van der Waals surface area contributed by atoms with Crippen LogP contribution in [0.3, 0.4) is 0 Å². The number of nitrogens with one attached hydrogen (secondary N) is 1. The Morgan fingerprint density at radius 1 is 0.929 bits per heavy atom. The fourth-order valence-electron chi connectivity index (χ4n) is 3.11. The number of rotatable bonds is 6. The molecular weight excluding hydrogens is 374 g/mol. The second-order valence-corrected chi connectivity index (χ2v) is 8.30. The summed E-state index contributed by atoms with van der Waals surface area (Å²) in [5.74, 6) is -0.797. The molecule has 0 saturated carbocycles. The zero-order chi connectivity index (χ0) is 19.9. The van der Waals surface area contributed by atoms with E-state index in [2.05, 4.69) is 22.3 Å². The molecule has 7 heteroatoms. The molecule has 0 aromatic heterocycles. The van der Waals surface area contributed by atoms with Crippen LogP contribution in [0, 0.1) is 6.92 Å². The van der Waals surface area contributed by atoms with Gasteiger partial charge in [-0.15, -0.1) is 0 Å². The smallest absolute Gasteiger partial charge is 0.237 e. The summed E-state index contributed by atoms with van der Waals surface area (Å²) >= 11 is 0. The van der Waals surface area contributed by atoms with Gasteiger partial charge in [0.25, 0.3) is 0 Å². The van der Waals surface area contributed by atoms with Crippen LogP contribution < -0.4 is 10.2 Å². The number of hydrogen-bond donors (Lipinski definition) is 1. The lowest BCUT2D eigenvalue weighted by atomic mass is 10.2. The van der Waals surface area contributed by atoms with Crippen LogP contribution >= 0.6 is 0 Å². The van der Waals surface area contributed by atoms with Crippen molar-refractivity contribution < 1.29 is 13.8 Å². The molecule has 0 unspecified atom stereocenters. The van der Waals surface area contributed by atoms with Gasteiger partial charge in [-0.2, -0.15) is 0 Å². The minimum Gasteiger partial charge on any atom is -0.368 e. The first-order chi connectivity index (χ1) is 13.5. The lowest BCUT2D eigenvalue weighted by Gasteiger charge is -2.36. The van der Waals surface area contributed by atoms with Crippen molar-refractivity contribution in [2.75, 3.05) is 47.9 Å². The third kappa shape index (κ3) is 5.66.